The second kappa shape index (κ2) is 5.89. The average molecular weight is 255 g/mol. The SMILES string of the molecule is COc1cccc([C@@H](N)Cc2cc(C)cc(C)c2)c1. The molecule has 100 valence electrons. The number of aryl methyl sites for hydroxylation is 2. The molecule has 0 saturated carbocycles. The zero-order valence-corrected chi connectivity index (χ0v) is 11.8. The zero-order valence-electron chi connectivity index (χ0n) is 11.8. The summed E-state index contributed by atoms with van der Waals surface area (Å²) in [6.07, 6.45) is 0.843. The van der Waals surface area contributed by atoms with E-state index in [0.717, 1.165) is 17.7 Å². The van der Waals surface area contributed by atoms with E-state index in [-0.39, 0.29) is 6.04 Å². The van der Waals surface area contributed by atoms with Gasteiger partial charge in [0, 0.05) is 6.04 Å². The summed E-state index contributed by atoms with van der Waals surface area (Å²) in [5.74, 6) is 0.855. The van der Waals surface area contributed by atoms with Crippen molar-refractivity contribution in [3.05, 3.63) is 64.7 Å². The third-order valence-electron chi connectivity index (χ3n) is 3.26. The number of ether oxygens (including phenoxy) is 1. The van der Waals surface area contributed by atoms with Crippen LogP contribution in [0.3, 0.4) is 0 Å². The van der Waals surface area contributed by atoms with E-state index in [4.69, 9.17) is 10.5 Å². The second-order valence-electron chi connectivity index (χ2n) is 5.08. The normalized spacial score (nSPS) is 12.2. The number of hydrogen-bond acceptors (Lipinski definition) is 2. The minimum atomic E-state index is -0.00343. The van der Waals surface area contributed by atoms with Gasteiger partial charge in [-0.2, -0.15) is 0 Å². The Hall–Kier alpha value is -1.80. The third kappa shape index (κ3) is 3.58. The van der Waals surface area contributed by atoms with E-state index < -0.39 is 0 Å². The fraction of sp³-hybridized carbons (Fsp3) is 0.294. The minimum absolute atomic E-state index is 0.00343. The van der Waals surface area contributed by atoms with E-state index in [2.05, 4.69) is 38.1 Å². The van der Waals surface area contributed by atoms with Gasteiger partial charge in [0.1, 0.15) is 5.75 Å². The summed E-state index contributed by atoms with van der Waals surface area (Å²) < 4.78 is 5.24. The van der Waals surface area contributed by atoms with Crippen molar-refractivity contribution in [2.75, 3.05) is 7.11 Å². The van der Waals surface area contributed by atoms with Gasteiger partial charge >= 0.3 is 0 Å². The topological polar surface area (TPSA) is 35.2 Å². The molecule has 2 aromatic carbocycles. The van der Waals surface area contributed by atoms with Gasteiger partial charge in [0.25, 0.3) is 0 Å². The van der Waals surface area contributed by atoms with Crippen LogP contribution in [0.25, 0.3) is 0 Å². The molecule has 0 radical (unpaired) electrons. The predicted octanol–water partition coefficient (Wildman–Crippen LogP) is 3.55. The Balaban J connectivity index is 2.17. The molecule has 0 aliphatic carbocycles. The van der Waals surface area contributed by atoms with Gasteiger partial charge in [0.05, 0.1) is 7.11 Å². The summed E-state index contributed by atoms with van der Waals surface area (Å²) in [5.41, 5.74) is 11.3. The summed E-state index contributed by atoms with van der Waals surface area (Å²) in [5, 5.41) is 0. The van der Waals surface area contributed by atoms with Gasteiger partial charge in [-0.1, -0.05) is 41.5 Å². The molecule has 0 aliphatic heterocycles. The Kier molecular flexibility index (Phi) is 4.23. The first kappa shape index (κ1) is 13.6. The molecule has 2 N–H and O–H groups in total. The van der Waals surface area contributed by atoms with Crippen molar-refractivity contribution in [2.45, 2.75) is 26.3 Å². The largest absolute Gasteiger partial charge is 0.497 e. The van der Waals surface area contributed by atoms with Gasteiger partial charge in [0.15, 0.2) is 0 Å². The van der Waals surface area contributed by atoms with Crippen LogP contribution in [0.1, 0.15) is 28.3 Å². The van der Waals surface area contributed by atoms with Crippen LogP contribution in [-0.2, 0) is 6.42 Å². The van der Waals surface area contributed by atoms with Crippen LogP contribution >= 0.6 is 0 Å². The number of rotatable bonds is 4. The lowest BCUT2D eigenvalue weighted by Gasteiger charge is -2.14. The first-order valence-electron chi connectivity index (χ1n) is 6.55. The Labute approximate surface area is 115 Å². The predicted molar refractivity (Wildman–Crippen MR) is 79.5 cm³/mol. The highest BCUT2D eigenvalue weighted by Gasteiger charge is 2.08. The summed E-state index contributed by atoms with van der Waals surface area (Å²) >= 11 is 0. The summed E-state index contributed by atoms with van der Waals surface area (Å²) in [4.78, 5) is 0. The van der Waals surface area contributed by atoms with Crippen LogP contribution < -0.4 is 10.5 Å². The van der Waals surface area contributed by atoms with Crippen molar-refractivity contribution in [2.24, 2.45) is 5.73 Å². The highest BCUT2D eigenvalue weighted by atomic mass is 16.5. The van der Waals surface area contributed by atoms with Gasteiger partial charge in [-0.15, -0.1) is 0 Å². The monoisotopic (exact) mass is 255 g/mol. The standard InChI is InChI=1S/C17H21NO/c1-12-7-13(2)9-14(8-12)10-17(18)15-5-4-6-16(11-15)19-3/h4-9,11,17H,10,18H2,1-3H3/t17-/m0/s1. The van der Waals surface area contributed by atoms with Gasteiger partial charge in [-0.05, 0) is 43.5 Å². The molecule has 2 heteroatoms. The zero-order chi connectivity index (χ0) is 13.8. The molecule has 0 bridgehead atoms. The molecule has 0 spiro atoms. The molecular weight excluding hydrogens is 234 g/mol. The lowest BCUT2D eigenvalue weighted by atomic mass is 9.97. The molecule has 0 aliphatic rings. The Morgan fingerprint density at radius 2 is 1.74 bits per heavy atom. The maximum atomic E-state index is 6.30. The van der Waals surface area contributed by atoms with E-state index in [0.29, 0.717) is 0 Å². The van der Waals surface area contributed by atoms with E-state index in [1.807, 2.05) is 18.2 Å². The molecule has 0 fully saturated rings. The number of nitrogens with two attached hydrogens (primary N) is 1. The van der Waals surface area contributed by atoms with Crippen LogP contribution in [0.5, 0.6) is 5.75 Å². The molecule has 0 saturated heterocycles. The Morgan fingerprint density at radius 1 is 1.05 bits per heavy atom. The van der Waals surface area contributed by atoms with Crippen molar-refractivity contribution in [1.82, 2.24) is 0 Å². The van der Waals surface area contributed by atoms with E-state index in [1.165, 1.54) is 16.7 Å². The van der Waals surface area contributed by atoms with Crippen molar-refractivity contribution in [1.29, 1.82) is 0 Å². The Bertz CT molecular complexity index is 543. The molecule has 19 heavy (non-hydrogen) atoms. The van der Waals surface area contributed by atoms with Crippen LogP contribution in [-0.4, -0.2) is 7.11 Å². The van der Waals surface area contributed by atoms with Crippen LogP contribution in [0.2, 0.25) is 0 Å². The molecule has 0 heterocycles. The number of benzene rings is 2. The Morgan fingerprint density at radius 3 is 2.37 bits per heavy atom. The molecule has 0 aromatic heterocycles. The van der Waals surface area contributed by atoms with Crippen LogP contribution in [0.15, 0.2) is 42.5 Å². The number of methoxy groups -OCH3 is 1. The van der Waals surface area contributed by atoms with E-state index in [1.54, 1.807) is 7.11 Å². The van der Waals surface area contributed by atoms with E-state index in [9.17, 15) is 0 Å². The molecule has 1 atom stereocenters. The summed E-state index contributed by atoms with van der Waals surface area (Å²) in [6, 6.07) is 14.6. The third-order valence-corrected chi connectivity index (χ3v) is 3.26. The second-order valence-corrected chi connectivity index (χ2v) is 5.08. The molecule has 2 rings (SSSR count). The molecule has 0 amide bonds. The lowest BCUT2D eigenvalue weighted by molar-refractivity contribution is 0.414. The van der Waals surface area contributed by atoms with Crippen LogP contribution in [0.4, 0.5) is 0 Å². The molecule has 2 nitrogen and oxygen atoms in total. The highest BCUT2D eigenvalue weighted by molar-refractivity contribution is 5.33. The van der Waals surface area contributed by atoms with Gasteiger partial charge in [-0.25, -0.2) is 0 Å². The maximum absolute atomic E-state index is 6.30. The summed E-state index contributed by atoms with van der Waals surface area (Å²) in [6.45, 7) is 4.24. The number of hydrogen-bond donors (Lipinski definition) is 1. The quantitative estimate of drug-likeness (QED) is 0.906. The minimum Gasteiger partial charge on any atom is -0.497 e. The summed E-state index contributed by atoms with van der Waals surface area (Å²) in [7, 11) is 1.68. The highest BCUT2D eigenvalue weighted by Crippen LogP contribution is 2.21. The molecular formula is C17H21NO. The average Bonchev–Trinajstić information content (AvgIpc) is 2.37. The molecule has 0 unspecified atom stereocenters. The van der Waals surface area contributed by atoms with Gasteiger partial charge in [-0.3, -0.25) is 0 Å². The van der Waals surface area contributed by atoms with Gasteiger partial charge in [0.2, 0.25) is 0 Å². The maximum Gasteiger partial charge on any atom is 0.119 e. The first-order chi connectivity index (χ1) is 9.08. The van der Waals surface area contributed by atoms with Crippen molar-refractivity contribution in [3.63, 3.8) is 0 Å². The fourth-order valence-corrected chi connectivity index (χ4v) is 2.43. The van der Waals surface area contributed by atoms with Gasteiger partial charge < -0.3 is 10.5 Å². The van der Waals surface area contributed by atoms with Crippen LogP contribution in [0, 0.1) is 13.8 Å². The van der Waals surface area contributed by atoms with Crippen molar-refractivity contribution < 1.29 is 4.74 Å². The van der Waals surface area contributed by atoms with Crippen molar-refractivity contribution in [3.8, 4) is 5.75 Å². The smallest absolute Gasteiger partial charge is 0.119 e. The lowest BCUT2D eigenvalue weighted by Crippen LogP contribution is -2.13. The first-order valence-corrected chi connectivity index (χ1v) is 6.55. The molecule has 2 aromatic rings. The fourth-order valence-electron chi connectivity index (χ4n) is 2.43. The van der Waals surface area contributed by atoms with Crippen molar-refractivity contribution >= 4 is 0 Å². The van der Waals surface area contributed by atoms with E-state index >= 15 is 0 Å².